The van der Waals surface area contributed by atoms with E-state index in [1.54, 1.807) is 4.90 Å². The fourth-order valence-electron chi connectivity index (χ4n) is 3.68. The minimum Gasteiger partial charge on any atom is -0.369 e. The number of nitrogens with zero attached hydrogens (tertiary/aromatic N) is 1. The van der Waals surface area contributed by atoms with Crippen LogP contribution in [0.15, 0.2) is 24.3 Å². The van der Waals surface area contributed by atoms with Crippen molar-refractivity contribution in [3.05, 3.63) is 29.8 Å². The maximum absolute atomic E-state index is 12.7. The van der Waals surface area contributed by atoms with Crippen molar-refractivity contribution in [2.75, 3.05) is 11.4 Å². The van der Waals surface area contributed by atoms with Crippen molar-refractivity contribution in [2.24, 2.45) is 23.3 Å². The minimum absolute atomic E-state index is 0. The van der Waals surface area contributed by atoms with Crippen LogP contribution >= 0.6 is 12.4 Å². The van der Waals surface area contributed by atoms with Crippen molar-refractivity contribution in [3.63, 3.8) is 0 Å². The van der Waals surface area contributed by atoms with Gasteiger partial charge in [0.2, 0.25) is 11.8 Å². The molecule has 3 atom stereocenters. The number of hydrogen-bond acceptors (Lipinski definition) is 3. The van der Waals surface area contributed by atoms with E-state index < -0.39 is 0 Å². The highest BCUT2D eigenvalue weighted by Crippen LogP contribution is 2.33. The lowest BCUT2D eigenvalue weighted by atomic mass is 9.91. The second kappa shape index (κ2) is 7.32. The largest absolute Gasteiger partial charge is 0.369 e. The zero-order chi connectivity index (χ0) is 15.7. The molecule has 2 amide bonds. The summed E-state index contributed by atoms with van der Waals surface area (Å²) >= 11 is 0. The predicted octanol–water partition coefficient (Wildman–Crippen LogP) is 1.62. The molecule has 23 heavy (non-hydrogen) atoms. The van der Waals surface area contributed by atoms with Crippen molar-refractivity contribution in [3.8, 4) is 0 Å². The Morgan fingerprint density at radius 3 is 2.61 bits per heavy atom. The quantitative estimate of drug-likeness (QED) is 0.878. The molecule has 0 spiro atoms. The lowest BCUT2D eigenvalue weighted by Crippen LogP contribution is -2.45. The first-order chi connectivity index (χ1) is 10.6. The number of amides is 2. The van der Waals surface area contributed by atoms with Crippen LogP contribution < -0.4 is 16.4 Å². The molecule has 3 rings (SSSR count). The standard InChI is InChI=1S/C17H23N3O2.ClH/c18-14-6-3-5-11(14)9-16(21)20-10-13(17(19)22)8-12-4-1-2-7-15(12)20;/h1-2,4,7,11,13-14H,3,5-6,8-10,18H2,(H2,19,22);1H/t11-,13?,14+;/m0./s1. The van der Waals surface area contributed by atoms with E-state index in [9.17, 15) is 9.59 Å². The van der Waals surface area contributed by atoms with Crippen LogP contribution in [0.4, 0.5) is 5.69 Å². The molecule has 5 nitrogen and oxygen atoms in total. The zero-order valence-corrected chi connectivity index (χ0v) is 13.9. The van der Waals surface area contributed by atoms with Crippen molar-refractivity contribution < 1.29 is 9.59 Å². The predicted molar refractivity (Wildman–Crippen MR) is 92.4 cm³/mol. The van der Waals surface area contributed by atoms with Gasteiger partial charge in [-0.1, -0.05) is 24.6 Å². The molecule has 126 valence electrons. The summed E-state index contributed by atoms with van der Waals surface area (Å²) < 4.78 is 0. The third kappa shape index (κ3) is 3.67. The van der Waals surface area contributed by atoms with Crippen molar-refractivity contribution in [1.29, 1.82) is 0 Å². The van der Waals surface area contributed by atoms with E-state index in [4.69, 9.17) is 11.5 Å². The van der Waals surface area contributed by atoms with Crippen molar-refractivity contribution >= 4 is 29.9 Å². The fourth-order valence-corrected chi connectivity index (χ4v) is 3.68. The molecule has 2 aliphatic rings. The second-order valence-corrected chi connectivity index (χ2v) is 6.50. The molecular formula is C17H24ClN3O2. The summed E-state index contributed by atoms with van der Waals surface area (Å²) in [6.45, 7) is 0.382. The Kier molecular flexibility index (Phi) is 5.65. The average molecular weight is 338 g/mol. The molecule has 1 aliphatic heterocycles. The second-order valence-electron chi connectivity index (χ2n) is 6.50. The molecule has 1 saturated carbocycles. The highest BCUT2D eigenvalue weighted by molar-refractivity contribution is 5.96. The average Bonchev–Trinajstić information content (AvgIpc) is 2.91. The highest BCUT2D eigenvalue weighted by atomic mass is 35.5. The van der Waals surface area contributed by atoms with Gasteiger partial charge in [0.05, 0.1) is 5.92 Å². The first kappa shape index (κ1) is 17.8. The van der Waals surface area contributed by atoms with Gasteiger partial charge < -0.3 is 16.4 Å². The zero-order valence-electron chi connectivity index (χ0n) is 13.1. The summed E-state index contributed by atoms with van der Waals surface area (Å²) in [5.41, 5.74) is 13.5. The Morgan fingerprint density at radius 2 is 1.96 bits per heavy atom. The van der Waals surface area contributed by atoms with Crippen molar-refractivity contribution in [2.45, 2.75) is 38.1 Å². The van der Waals surface area contributed by atoms with E-state index in [1.807, 2.05) is 24.3 Å². The van der Waals surface area contributed by atoms with Crippen LogP contribution in [0.1, 0.15) is 31.2 Å². The SMILES string of the molecule is Cl.NC(=O)C1Cc2ccccc2N(C(=O)C[C@@H]2CCC[C@H]2N)C1. The van der Waals surface area contributed by atoms with Gasteiger partial charge in [-0.05, 0) is 36.8 Å². The maximum atomic E-state index is 12.7. The van der Waals surface area contributed by atoms with E-state index in [2.05, 4.69) is 0 Å². The molecular weight excluding hydrogens is 314 g/mol. The molecule has 4 N–H and O–H groups in total. The van der Waals surface area contributed by atoms with Gasteiger partial charge in [-0.15, -0.1) is 12.4 Å². The summed E-state index contributed by atoms with van der Waals surface area (Å²) in [6.07, 6.45) is 4.18. The van der Waals surface area contributed by atoms with Crippen LogP contribution in [0.3, 0.4) is 0 Å². The topological polar surface area (TPSA) is 89.4 Å². The maximum Gasteiger partial charge on any atom is 0.227 e. The monoisotopic (exact) mass is 337 g/mol. The Balaban J connectivity index is 0.00000192. The van der Waals surface area contributed by atoms with Gasteiger partial charge in [0.25, 0.3) is 0 Å². The smallest absolute Gasteiger partial charge is 0.227 e. The molecule has 0 radical (unpaired) electrons. The van der Waals surface area contributed by atoms with E-state index in [-0.39, 0.29) is 42.1 Å². The first-order valence-electron chi connectivity index (χ1n) is 7.99. The summed E-state index contributed by atoms with van der Waals surface area (Å²) in [4.78, 5) is 26.1. The van der Waals surface area contributed by atoms with Crippen LogP contribution in [0.2, 0.25) is 0 Å². The number of para-hydroxylation sites is 1. The Morgan fingerprint density at radius 1 is 1.22 bits per heavy atom. The van der Waals surface area contributed by atoms with E-state index >= 15 is 0 Å². The van der Waals surface area contributed by atoms with Crippen LogP contribution in [0.25, 0.3) is 0 Å². The van der Waals surface area contributed by atoms with Crippen LogP contribution in [0.5, 0.6) is 0 Å². The van der Waals surface area contributed by atoms with Gasteiger partial charge in [0, 0.05) is 24.7 Å². The summed E-state index contributed by atoms with van der Waals surface area (Å²) in [7, 11) is 0. The lowest BCUT2D eigenvalue weighted by Gasteiger charge is -2.34. The number of carbonyl (C=O) groups excluding carboxylic acids is 2. The molecule has 1 unspecified atom stereocenters. The van der Waals surface area contributed by atoms with E-state index in [1.165, 1.54) is 0 Å². The Hall–Kier alpha value is -1.59. The number of fused-ring (bicyclic) bond motifs is 1. The van der Waals surface area contributed by atoms with Crippen molar-refractivity contribution in [1.82, 2.24) is 0 Å². The number of carbonyl (C=O) groups is 2. The fraction of sp³-hybridized carbons (Fsp3) is 0.529. The molecule has 1 aromatic rings. The summed E-state index contributed by atoms with van der Waals surface area (Å²) in [5, 5.41) is 0. The normalized spacial score (nSPS) is 26.3. The first-order valence-corrected chi connectivity index (χ1v) is 7.99. The number of hydrogen-bond donors (Lipinski definition) is 2. The number of anilines is 1. The van der Waals surface area contributed by atoms with E-state index in [0.717, 1.165) is 30.5 Å². The van der Waals surface area contributed by atoms with Gasteiger partial charge in [-0.2, -0.15) is 0 Å². The molecule has 6 heteroatoms. The molecule has 0 bridgehead atoms. The number of halogens is 1. The molecule has 1 heterocycles. The van der Waals surface area contributed by atoms with Crippen LogP contribution in [0, 0.1) is 11.8 Å². The highest BCUT2D eigenvalue weighted by Gasteiger charge is 2.33. The molecule has 1 aromatic carbocycles. The molecule has 1 fully saturated rings. The number of nitrogens with two attached hydrogens (primary N) is 2. The van der Waals surface area contributed by atoms with Crippen LogP contribution in [-0.2, 0) is 16.0 Å². The lowest BCUT2D eigenvalue weighted by molar-refractivity contribution is -0.122. The van der Waals surface area contributed by atoms with Gasteiger partial charge in [-0.25, -0.2) is 0 Å². The van der Waals surface area contributed by atoms with Gasteiger partial charge in [-0.3, -0.25) is 9.59 Å². The number of primary amides is 1. The molecule has 1 aliphatic carbocycles. The third-order valence-electron chi connectivity index (χ3n) is 5.01. The Labute approximate surface area is 142 Å². The Bertz CT molecular complexity index is 593. The third-order valence-corrected chi connectivity index (χ3v) is 5.01. The summed E-state index contributed by atoms with van der Waals surface area (Å²) in [5.74, 6) is -0.338. The number of rotatable bonds is 3. The minimum atomic E-state index is -0.343. The number of benzene rings is 1. The van der Waals surface area contributed by atoms with Crippen LogP contribution in [-0.4, -0.2) is 24.4 Å². The molecule has 0 aromatic heterocycles. The van der Waals surface area contributed by atoms with Gasteiger partial charge in [0.15, 0.2) is 0 Å². The van der Waals surface area contributed by atoms with Gasteiger partial charge in [0.1, 0.15) is 0 Å². The summed E-state index contributed by atoms with van der Waals surface area (Å²) in [6, 6.07) is 7.88. The van der Waals surface area contributed by atoms with Gasteiger partial charge >= 0.3 is 0 Å². The molecule has 0 saturated heterocycles. The van der Waals surface area contributed by atoms with E-state index in [0.29, 0.717) is 19.4 Å².